The summed E-state index contributed by atoms with van der Waals surface area (Å²) in [6.45, 7) is 0.474. The highest BCUT2D eigenvalue weighted by molar-refractivity contribution is 6.31. The van der Waals surface area contributed by atoms with Crippen LogP contribution in [0.5, 0.6) is 17.2 Å². The standard InChI is InChI=1S/C27H29NO11.ClH/c1-10-22(31)13(28)6-17(38-10)39-15-8-27(36,16(30)9-29)7-12-19(15)26(35)21-20(24(12)33)23(32)11-4-3-5-14(37-2)18(11)25(21)34;/h3-5,10,13,15,17,22,29,31,33,35-36H,6-9,28H2,1-2H3;1H/t10-,13-,15-,17-,22+,27-;/m0./s1/i2+1D3;. The first kappa shape index (κ1) is 25.8. The highest BCUT2D eigenvalue weighted by atomic mass is 35.5. The minimum Gasteiger partial charge on any atom is -0.507 e. The lowest BCUT2D eigenvalue weighted by molar-refractivity contribution is -0.247. The number of phenolic OH excluding ortho intramolecular Hbond substituents is 2. The van der Waals surface area contributed by atoms with Crippen LogP contribution in [0.15, 0.2) is 18.2 Å². The summed E-state index contributed by atoms with van der Waals surface area (Å²) in [6.07, 6.45) is -5.61. The van der Waals surface area contributed by atoms with Gasteiger partial charge in [-0.05, 0) is 13.0 Å². The first-order valence-electron chi connectivity index (χ1n) is 13.7. The van der Waals surface area contributed by atoms with Crippen molar-refractivity contribution in [3.63, 3.8) is 0 Å². The minimum absolute atomic E-state index is 0. The maximum absolute atomic E-state index is 13.8. The molecular formula is C27H30ClNO11. The van der Waals surface area contributed by atoms with E-state index in [9.17, 15) is 39.9 Å². The van der Waals surface area contributed by atoms with Gasteiger partial charge < -0.3 is 45.5 Å². The highest BCUT2D eigenvalue weighted by Crippen LogP contribution is 2.52. The Hall–Kier alpha value is -3.10. The van der Waals surface area contributed by atoms with E-state index in [-0.39, 0.29) is 35.5 Å². The number of benzene rings is 2. The number of nitrogens with two attached hydrogens (primary N) is 1. The molecule has 0 unspecified atom stereocenters. The molecule has 40 heavy (non-hydrogen) atoms. The SMILES string of the molecule is Cl.[2H][13C]([2H])([2H])Oc1cccc2c1C(=O)c1c(O)c3c(c(O)c1C2=O)C[C@@](O)(C(=O)CO)C[C@@H]3O[C@H]1C[C@H](N)[C@H](O)[C@H](C)O1. The van der Waals surface area contributed by atoms with Crippen LogP contribution >= 0.6 is 12.4 Å². The van der Waals surface area contributed by atoms with Gasteiger partial charge in [0.25, 0.3) is 0 Å². The average Bonchev–Trinajstić information content (AvgIpc) is 2.90. The number of halogens is 1. The summed E-state index contributed by atoms with van der Waals surface area (Å²) in [7, 11) is -2.98. The maximum atomic E-state index is 13.8. The second kappa shape index (κ2) is 10.7. The number of phenols is 2. The van der Waals surface area contributed by atoms with Gasteiger partial charge in [-0.3, -0.25) is 14.4 Å². The quantitative estimate of drug-likeness (QED) is 0.178. The number of ketones is 3. The Kier molecular flexibility index (Phi) is 6.92. The van der Waals surface area contributed by atoms with Crippen LogP contribution < -0.4 is 10.5 Å². The number of carbonyl (C=O) groups is 3. The maximum Gasteiger partial charge on any atom is 0.202 e. The molecule has 5 rings (SSSR count). The number of hydrogen-bond donors (Lipinski definition) is 6. The molecule has 0 spiro atoms. The number of ether oxygens (including phenoxy) is 3. The molecule has 0 radical (unpaired) electrons. The Morgan fingerprint density at radius 2 is 1.90 bits per heavy atom. The molecule has 1 saturated heterocycles. The zero-order valence-electron chi connectivity index (χ0n) is 24.1. The van der Waals surface area contributed by atoms with E-state index in [1.54, 1.807) is 6.92 Å². The number of carbonyl (C=O) groups excluding carboxylic acids is 3. The van der Waals surface area contributed by atoms with Gasteiger partial charge in [-0.25, -0.2) is 0 Å². The second-order valence-electron chi connectivity index (χ2n) is 10.1. The van der Waals surface area contributed by atoms with E-state index in [1.165, 1.54) is 18.2 Å². The van der Waals surface area contributed by atoms with Crippen molar-refractivity contribution in [3.05, 3.63) is 51.6 Å². The third-order valence-electron chi connectivity index (χ3n) is 7.70. The van der Waals surface area contributed by atoms with Gasteiger partial charge in [0.15, 0.2) is 17.9 Å². The van der Waals surface area contributed by atoms with Crippen LogP contribution in [0.2, 0.25) is 0 Å². The molecule has 216 valence electrons. The van der Waals surface area contributed by atoms with Gasteiger partial charge in [-0.2, -0.15) is 0 Å². The van der Waals surface area contributed by atoms with Crippen LogP contribution in [0.1, 0.15) is 73.0 Å². The molecule has 0 saturated carbocycles. The molecule has 2 aromatic rings. The van der Waals surface area contributed by atoms with E-state index in [0.717, 1.165) is 0 Å². The summed E-state index contributed by atoms with van der Waals surface area (Å²) in [6, 6.07) is 2.89. The van der Waals surface area contributed by atoms with E-state index < -0.39 is 114 Å². The van der Waals surface area contributed by atoms with Crippen molar-refractivity contribution in [2.75, 3.05) is 13.6 Å². The fourth-order valence-electron chi connectivity index (χ4n) is 5.67. The van der Waals surface area contributed by atoms with Crippen molar-refractivity contribution in [1.82, 2.24) is 0 Å². The Balaban J connectivity index is 0.00000423. The predicted molar refractivity (Wildman–Crippen MR) is 139 cm³/mol. The van der Waals surface area contributed by atoms with Gasteiger partial charge in [0.1, 0.15) is 29.5 Å². The van der Waals surface area contributed by atoms with E-state index >= 15 is 0 Å². The molecule has 1 fully saturated rings. The molecule has 7 N–H and O–H groups in total. The van der Waals surface area contributed by atoms with Crippen molar-refractivity contribution in [2.45, 2.75) is 62.4 Å². The molecule has 1 heterocycles. The van der Waals surface area contributed by atoms with Crippen LogP contribution in [0.3, 0.4) is 0 Å². The molecule has 0 bridgehead atoms. The highest BCUT2D eigenvalue weighted by Gasteiger charge is 2.50. The fraction of sp³-hybridized carbons (Fsp3) is 0.444. The number of aromatic hydroxyl groups is 2. The smallest absolute Gasteiger partial charge is 0.202 e. The van der Waals surface area contributed by atoms with Gasteiger partial charge in [0.2, 0.25) is 5.78 Å². The molecule has 0 aromatic heterocycles. The van der Waals surface area contributed by atoms with Crippen LogP contribution in [-0.4, -0.2) is 86.7 Å². The van der Waals surface area contributed by atoms with Crippen LogP contribution in [0.4, 0.5) is 0 Å². The van der Waals surface area contributed by atoms with E-state index in [2.05, 4.69) is 0 Å². The van der Waals surface area contributed by atoms with Crippen LogP contribution in [0, 0.1) is 0 Å². The molecule has 2 aromatic carbocycles. The normalized spacial score (nSPS) is 30.5. The number of Topliss-reactive ketones (excluding diaryl/α,β-unsaturated/α-hetero) is 1. The minimum atomic E-state index is -2.98. The zero-order valence-corrected chi connectivity index (χ0v) is 21.9. The van der Waals surface area contributed by atoms with E-state index in [1.807, 2.05) is 0 Å². The summed E-state index contributed by atoms with van der Waals surface area (Å²) in [5, 5.41) is 53.8. The Bertz CT molecular complexity index is 1490. The molecule has 3 aliphatic rings. The van der Waals surface area contributed by atoms with Crippen molar-refractivity contribution in [2.24, 2.45) is 5.73 Å². The van der Waals surface area contributed by atoms with Crippen molar-refractivity contribution >= 4 is 29.8 Å². The number of fused-ring (bicyclic) bond motifs is 3. The largest absolute Gasteiger partial charge is 0.507 e. The summed E-state index contributed by atoms with van der Waals surface area (Å²) in [5.74, 6) is -5.05. The van der Waals surface area contributed by atoms with Crippen molar-refractivity contribution in [3.8, 4) is 17.2 Å². The van der Waals surface area contributed by atoms with Gasteiger partial charge in [-0.1, -0.05) is 12.1 Å². The average molecular weight is 584 g/mol. The lowest BCUT2D eigenvalue weighted by Crippen LogP contribution is -2.53. The number of aliphatic hydroxyl groups excluding tert-OH is 2. The number of aliphatic hydroxyl groups is 3. The van der Waals surface area contributed by atoms with Gasteiger partial charge in [-0.15, -0.1) is 12.4 Å². The zero-order chi connectivity index (χ0) is 30.9. The van der Waals surface area contributed by atoms with Gasteiger partial charge in [0, 0.05) is 42.0 Å². The first-order chi connectivity index (χ1) is 19.6. The topological polar surface area (TPSA) is 206 Å². The number of methoxy groups -OCH3 is 1. The molecule has 12 nitrogen and oxygen atoms in total. The molecule has 13 heteroatoms. The van der Waals surface area contributed by atoms with E-state index in [4.69, 9.17) is 24.1 Å². The Morgan fingerprint density at radius 1 is 1.20 bits per heavy atom. The number of rotatable bonds is 5. The molecule has 1 aliphatic heterocycles. The summed E-state index contributed by atoms with van der Waals surface area (Å²) in [5.41, 5.74) is 1.16. The van der Waals surface area contributed by atoms with Gasteiger partial charge in [0.05, 0.1) is 46.2 Å². The Morgan fingerprint density at radius 3 is 2.55 bits per heavy atom. The van der Waals surface area contributed by atoms with Crippen LogP contribution in [0.25, 0.3) is 0 Å². The third-order valence-corrected chi connectivity index (χ3v) is 7.70. The third kappa shape index (κ3) is 4.45. The van der Waals surface area contributed by atoms with Crippen molar-refractivity contribution in [1.29, 1.82) is 0 Å². The summed E-state index contributed by atoms with van der Waals surface area (Å²) < 4.78 is 38.9. The first-order valence-corrected chi connectivity index (χ1v) is 12.2. The molecule has 2 aliphatic carbocycles. The number of hydrogen-bond acceptors (Lipinski definition) is 12. The monoisotopic (exact) mass is 583 g/mol. The predicted octanol–water partition coefficient (Wildman–Crippen LogP) is 0.423. The molecular weight excluding hydrogens is 551 g/mol. The van der Waals surface area contributed by atoms with E-state index in [0.29, 0.717) is 0 Å². The van der Waals surface area contributed by atoms with Gasteiger partial charge >= 0.3 is 0 Å². The Labute approximate surface area is 238 Å². The lowest BCUT2D eigenvalue weighted by atomic mass is 9.72. The van der Waals surface area contributed by atoms with Crippen molar-refractivity contribution < 1.29 is 58.2 Å². The lowest BCUT2D eigenvalue weighted by Gasteiger charge is -2.42. The molecule has 6 atom stereocenters. The summed E-state index contributed by atoms with van der Waals surface area (Å²) in [4.78, 5) is 40.0. The molecule has 0 amide bonds. The fourth-order valence-corrected chi connectivity index (χ4v) is 5.67. The second-order valence-corrected chi connectivity index (χ2v) is 10.1. The summed E-state index contributed by atoms with van der Waals surface area (Å²) >= 11 is 0. The van der Waals surface area contributed by atoms with Crippen LogP contribution in [-0.2, 0) is 20.7 Å².